The van der Waals surface area contributed by atoms with Crippen LogP contribution in [0.1, 0.15) is 48.4 Å². The van der Waals surface area contributed by atoms with E-state index in [0.717, 1.165) is 16.9 Å². The molecule has 1 aromatic carbocycles. The Morgan fingerprint density at radius 3 is 2.46 bits per heavy atom. The van der Waals surface area contributed by atoms with Crippen molar-refractivity contribution in [2.24, 2.45) is 5.73 Å². The molecule has 2 rings (SSSR count). The average Bonchev–Trinajstić information content (AvgIpc) is 2.84. The fourth-order valence-corrected chi connectivity index (χ4v) is 3.33. The second kappa shape index (κ2) is 7.27. The maximum atomic E-state index is 12.5. The number of ether oxygens (including phenoxy) is 1. The number of thiophene rings is 1. The second-order valence-corrected chi connectivity index (χ2v) is 6.13. The van der Waals surface area contributed by atoms with Gasteiger partial charge in [0, 0.05) is 5.56 Å². The van der Waals surface area contributed by atoms with E-state index in [9.17, 15) is 14.4 Å². The Kier molecular flexibility index (Phi) is 5.35. The fraction of sp³-hybridized carbons (Fsp3) is 0.235. The van der Waals surface area contributed by atoms with Crippen LogP contribution in [0.3, 0.4) is 0 Å². The number of esters is 1. The third-order valence-corrected chi connectivity index (χ3v) is 4.69. The SMILES string of the molecule is CCOC(=O)c1c(NC(=O)c2ccccc2C)sc(C(N)=O)c1C. The molecule has 126 valence electrons. The van der Waals surface area contributed by atoms with Gasteiger partial charge in [-0.15, -0.1) is 11.3 Å². The monoisotopic (exact) mass is 346 g/mol. The van der Waals surface area contributed by atoms with Gasteiger partial charge in [0.2, 0.25) is 0 Å². The van der Waals surface area contributed by atoms with Gasteiger partial charge in [0.15, 0.2) is 0 Å². The zero-order chi connectivity index (χ0) is 17.9. The summed E-state index contributed by atoms with van der Waals surface area (Å²) in [5.74, 6) is -1.62. The fourth-order valence-electron chi connectivity index (χ4n) is 2.28. The van der Waals surface area contributed by atoms with Gasteiger partial charge in [0.1, 0.15) is 5.00 Å². The third-order valence-electron chi connectivity index (χ3n) is 3.47. The highest BCUT2D eigenvalue weighted by Gasteiger charge is 2.26. The molecule has 0 radical (unpaired) electrons. The Labute approximate surface area is 143 Å². The van der Waals surface area contributed by atoms with Crippen molar-refractivity contribution in [1.82, 2.24) is 0 Å². The van der Waals surface area contributed by atoms with Gasteiger partial charge in [0.25, 0.3) is 11.8 Å². The standard InChI is InChI=1S/C17H18N2O4S/c1-4-23-17(22)12-10(3)13(14(18)20)24-16(12)19-15(21)11-8-6-5-7-9(11)2/h5-8H,4H2,1-3H3,(H2,18,20)(H,19,21). The summed E-state index contributed by atoms with van der Waals surface area (Å²) in [6, 6.07) is 7.08. The molecular weight excluding hydrogens is 328 g/mol. The van der Waals surface area contributed by atoms with Crippen molar-refractivity contribution in [3.63, 3.8) is 0 Å². The number of benzene rings is 1. The van der Waals surface area contributed by atoms with Crippen LogP contribution in [0.5, 0.6) is 0 Å². The summed E-state index contributed by atoms with van der Waals surface area (Å²) in [6.07, 6.45) is 0. The number of carbonyl (C=O) groups excluding carboxylic acids is 3. The van der Waals surface area contributed by atoms with Crippen LogP contribution in [0.4, 0.5) is 5.00 Å². The van der Waals surface area contributed by atoms with Gasteiger partial charge < -0.3 is 15.8 Å². The normalized spacial score (nSPS) is 10.3. The summed E-state index contributed by atoms with van der Waals surface area (Å²) in [4.78, 5) is 36.4. The number of primary amides is 1. The van der Waals surface area contributed by atoms with Crippen LogP contribution >= 0.6 is 11.3 Å². The Morgan fingerprint density at radius 2 is 1.88 bits per heavy atom. The molecule has 0 saturated heterocycles. The van der Waals surface area contributed by atoms with Crippen LogP contribution in [-0.2, 0) is 4.74 Å². The Bertz CT molecular complexity index is 811. The van der Waals surface area contributed by atoms with Crippen LogP contribution < -0.4 is 11.1 Å². The first-order valence-electron chi connectivity index (χ1n) is 7.34. The number of nitrogens with two attached hydrogens (primary N) is 1. The van der Waals surface area contributed by atoms with Gasteiger partial charge in [-0.1, -0.05) is 18.2 Å². The van der Waals surface area contributed by atoms with Crippen molar-refractivity contribution in [3.8, 4) is 0 Å². The van der Waals surface area contributed by atoms with Crippen molar-refractivity contribution in [1.29, 1.82) is 0 Å². The summed E-state index contributed by atoms with van der Waals surface area (Å²) < 4.78 is 5.02. The lowest BCUT2D eigenvalue weighted by atomic mass is 10.1. The number of carbonyl (C=O) groups is 3. The van der Waals surface area contributed by atoms with Gasteiger partial charge in [-0.3, -0.25) is 9.59 Å². The molecule has 1 aromatic heterocycles. The molecule has 2 amide bonds. The number of aryl methyl sites for hydroxylation is 1. The minimum Gasteiger partial charge on any atom is -0.462 e. The first-order valence-corrected chi connectivity index (χ1v) is 8.15. The summed E-state index contributed by atoms with van der Waals surface area (Å²) in [6.45, 7) is 5.29. The molecule has 2 aromatic rings. The summed E-state index contributed by atoms with van der Waals surface area (Å²) in [5.41, 5.74) is 7.20. The molecule has 0 aliphatic rings. The molecule has 0 aliphatic heterocycles. The molecule has 0 aliphatic carbocycles. The maximum absolute atomic E-state index is 12.5. The lowest BCUT2D eigenvalue weighted by Crippen LogP contribution is -2.16. The predicted molar refractivity (Wildman–Crippen MR) is 92.7 cm³/mol. The molecule has 0 saturated carbocycles. The van der Waals surface area contributed by atoms with E-state index >= 15 is 0 Å². The Morgan fingerprint density at radius 1 is 1.21 bits per heavy atom. The van der Waals surface area contributed by atoms with Crippen LogP contribution in [0.15, 0.2) is 24.3 Å². The van der Waals surface area contributed by atoms with Crippen LogP contribution in [0, 0.1) is 13.8 Å². The Balaban J connectivity index is 2.44. The van der Waals surface area contributed by atoms with E-state index in [4.69, 9.17) is 10.5 Å². The number of rotatable bonds is 5. The quantitative estimate of drug-likeness (QED) is 0.813. The lowest BCUT2D eigenvalue weighted by Gasteiger charge is -2.08. The Hall–Kier alpha value is -2.67. The molecule has 1 heterocycles. The van der Waals surface area contributed by atoms with Gasteiger partial charge in [0.05, 0.1) is 17.0 Å². The summed E-state index contributed by atoms with van der Waals surface area (Å²) in [7, 11) is 0. The minimum atomic E-state index is -0.653. The topological polar surface area (TPSA) is 98.5 Å². The van der Waals surface area contributed by atoms with E-state index in [2.05, 4.69) is 5.32 Å². The van der Waals surface area contributed by atoms with E-state index in [1.54, 1.807) is 26.0 Å². The van der Waals surface area contributed by atoms with E-state index in [1.807, 2.05) is 19.1 Å². The molecule has 0 atom stereocenters. The molecule has 0 spiro atoms. The molecule has 7 heteroatoms. The van der Waals surface area contributed by atoms with Crippen molar-refractivity contribution >= 4 is 34.1 Å². The number of hydrogen-bond donors (Lipinski definition) is 2. The second-order valence-electron chi connectivity index (χ2n) is 5.11. The average molecular weight is 346 g/mol. The molecule has 0 fully saturated rings. The lowest BCUT2D eigenvalue weighted by molar-refractivity contribution is 0.0527. The van der Waals surface area contributed by atoms with E-state index < -0.39 is 11.9 Å². The van der Waals surface area contributed by atoms with Gasteiger partial charge in [-0.2, -0.15) is 0 Å². The highest BCUT2D eigenvalue weighted by atomic mass is 32.1. The third kappa shape index (κ3) is 3.46. The molecule has 24 heavy (non-hydrogen) atoms. The van der Waals surface area contributed by atoms with Crippen molar-refractivity contribution in [2.75, 3.05) is 11.9 Å². The number of nitrogens with one attached hydrogen (secondary N) is 1. The van der Waals surface area contributed by atoms with E-state index in [1.165, 1.54) is 0 Å². The summed E-state index contributed by atoms with van der Waals surface area (Å²) >= 11 is 0.970. The predicted octanol–water partition coefficient (Wildman–Crippen LogP) is 2.89. The summed E-state index contributed by atoms with van der Waals surface area (Å²) in [5, 5.41) is 2.95. The maximum Gasteiger partial charge on any atom is 0.341 e. The molecule has 6 nitrogen and oxygen atoms in total. The number of amides is 2. The van der Waals surface area contributed by atoms with Crippen LogP contribution in [-0.4, -0.2) is 24.4 Å². The highest BCUT2D eigenvalue weighted by molar-refractivity contribution is 7.18. The zero-order valence-corrected chi connectivity index (χ0v) is 14.5. The van der Waals surface area contributed by atoms with E-state index in [-0.39, 0.29) is 28.0 Å². The number of anilines is 1. The first kappa shape index (κ1) is 17.7. The molecule has 0 bridgehead atoms. The smallest absolute Gasteiger partial charge is 0.341 e. The zero-order valence-electron chi connectivity index (χ0n) is 13.6. The van der Waals surface area contributed by atoms with Crippen molar-refractivity contribution in [3.05, 3.63) is 51.4 Å². The van der Waals surface area contributed by atoms with Crippen molar-refractivity contribution in [2.45, 2.75) is 20.8 Å². The van der Waals surface area contributed by atoms with Crippen LogP contribution in [0.2, 0.25) is 0 Å². The number of hydrogen-bond acceptors (Lipinski definition) is 5. The highest BCUT2D eigenvalue weighted by Crippen LogP contribution is 2.34. The minimum absolute atomic E-state index is 0.164. The van der Waals surface area contributed by atoms with Crippen LogP contribution in [0.25, 0.3) is 0 Å². The molecule has 0 unspecified atom stereocenters. The van der Waals surface area contributed by atoms with Gasteiger partial charge in [-0.05, 0) is 38.0 Å². The first-order chi connectivity index (χ1) is 11.4. The largest absolute Gasteiger partial charge is 0.462 e. The van der Waals surface area contributed by atoms with Crippen molar-refractivity contribution < 1.29 is 19.1 Å². The van der Waals surface area contributed by atoms with E-state index in [0.29, 0.717) is 11.1 Å². The van der Waals surface area contributed by atoms with Gasteiger partial charge >= 0.3 is 5.97 Å². The molecule has 3 N–H and O–H groups in total. The molecular formula is C17H18N2O4S. The van der Waals surface area contributed by atoms with Gasteiger partial charge in [-0.25, -0.2) is 4.79 Å².